The van der Waals surface area contributed by atoms with Gasteiger partial charge in [-0.05, 0) is 25.3 Å². The molecule has 0 spiro atoms. The Bertz CT molecular complexity index is 337. The smallest absolute Gasteiger partial charge is 0.322 e. The minimum atomic E-state index is -0.104. The molecule has 0 aliphatic carbocycles. The van der Waals surface area contributed by atoms with E-state index in [9.17, 15) is 4.79 Å². The van der Waals surface area contributed by atoms with Gasteiger partial charge in [0.05, 0.1) is 0 Å². The zero-order valence-electron chi connectivity index (χ0n) is 9.69. The molecule has 1 aromatic heterocycles. The van der Waals surface area contributed by atoms with Crippen molar-refractivity contribution in [2.24, 2.45) is 11.7 Å². The molecular weight excluding hydrogens is 208 g/mol. The fourth-order valence-electron chi connectivity index (χ4n) is 1.34. The lowest BCUT2D eigenvalue weighted by molar-refractivity contribution is -0.116. The number of aryl methyl sites for hydroxylation is 1. The number of nitrogens with two attached hydrogens (primary N) is 1. The normalized spacial score (nSPS) is 12.4. The van der Waals surface area contributed by atoms with Crippen LogP contribution in [0, 0.1) is 12.8 Å². The molecule has 1 atom stereocenters. The number of amides is 1. The molecule has 16 heavy (non-hydrogen) atoms. The second-order valence-corrected chi connectivity index (χ2v) is 3.90. The average molecular weight is 226 g/mol. The molecule has 90 valence electrons. The molecule has 1 amide bonds. The second-order valence-electron chi connectivity index (χ2n) is 3.90. The van der Waals surface area contributed by atoms with E-state index in [2.05, 4.69) is 22.4 Å². The first-order chi connectivity index (χ1) is 7.61. The maximum absolute atomic E-state index is 11.5. The van der Waals surface area contributed by atoms with Crippen LogP contribution in [0.2, 0.25) is 0 Å². The number of rotatable bonds is 6. The van der Waals surface area contributed by atoms with E-state index in [0.29, 0.717) is 24.8 Å². The lowest BCUT2D eigenvalue weighted by Crippen LogP contribution is -2.14. The average Bonchev–Trinajstić information content (AvgIpc) is 2.61. The van der Waals surface area contributed by atoms with E-state index >= 15 is 0 Å². The fraction of sp³-hybridized carbons (Fsp3) is 0.700. The van der Waals surface area contributed by atoms with Crippen molar-refractivity contribution < 1.29 is 9.21 Å². The molecule has 1 unspecified atom stereocenters. The van der Waals surface area contributed by atoms with Crippen LogP contribution in [-0.2, 0) is 4.79 Å². The molecule has 1 aromatic rings. The Morgan fingerprint density at radius 1 is 1.50 bits per heavy atom. The fourth-order valence-corrected chi connectivity index (χ4v) is 1.34. The van der Waals surface area contributed by atoms with Crippen molar-refractivity contribution in [2.45, 2.75) is 33.1 Å². The molecule has 0 saturated carbocycles. The van der Waals surface area contributed by atoms with Crippen LogP contribution in [0.25, 0.3) is 0 Å². The van der Waals surface area contributed by atoms with Crippen LogP contribution in [0.5, 0.6) is 0 Å². The number of nitrogens with zero attached hydrogens (tertiary/aromatic N) is 2. The Morgan fingerprint density at radius 3 is 2.81 bits per heavy atom. The van der Waals surface area contributed by atoms with E-state index in [1.165, 1.54) is 0 Å². The summed E-state index contributed by atoms with van der Waals surface area (Å²) < 4.78 is 5.03. The van der Waals surface area contributed by atoms with Gasteiger partial charge in [0.15, 0.2) is 0 Å². The van der Waals surface area contributed by atoms with Crippen molar-refractivity contribution in [3.05, 3.63) is 5.89 Å². The maximum Gasteiger partial charge on any atom is 0.322 e. The Kier molecular flexibility index (Phi) is 4.91. The lowest BCUT2D eigenvalue weighted by atomic mass is 10.0. The number of carbonyl (C=O) groups is 1. The standard InChI is InChI=1S/C10H18N4O2/c1-7(5-6-11)3-4-9(15)12-10-14-13-8(2)16-10/h7H,3-6,11H2,1-2H3,(H,12,14,15). The Hall–Kier alpha value is -1.43. The van der Waals surface area contributed by atoms with E-state index in [1.54, 1.807) is 6.92 Å². The summed E-state index contributed by atoms with van der Waals surface area (Å²) in [6, 6.07) is 0.161. The monoisotopic (exact) mass is 226 g/mol. The van der Waals surface area contributed by atoms with Gasteiger partial charge in [-0.3, -0.25) is 10.1 Å². The van der Waals surface area contributed by atoms with Gasteiger partial charge in [-0.2, -0.15) is 0 Å². The number of aromatic nitrogens is 2. The van der Waals surface area contributed by atoms with Crippen molar-refractivity contribution in [3.63, 3.8) is 0 Å². The first-order valence-electron chi connectivity index (χ1n) is 5.42. The molecule has 0 saturated heterocycles. The van der Waals surface area contributed by atoms with Crippen molar-refractivity contribution >= 4 is 11.9 Å². The van der Waals surface area contributed by atoms with Crippen molar-refractivity contribution in [3.8, 4) is 0 Å². The van der Waals surface area contributed by atoms with Gasteiger partial charge in [0.2, 0.25) is 11.8 Å². The third-order valence-corrected chi connectivity index (χ3v) is 2.30. The van der Waals surface area contributed by atoms with Crippen molar-refractivity contribution in [1.82, 2.24) is 10.2 Å². The third-order valence-electron chi connectivity index (χ3n) is 2.30. The van der Waals surface area contributed by atoms with Gasteiger partial charge < -0.3 is 10.2 Å². The number of anilines is 1. The van der Waals surface area contributed by atoms with Crippen LogP contribution >= 0.6 is 0 Å². The van der Waals surface area contributed by atoms with E-state index in [1.807, 2.05) is 0 Å². The number of hydrogen-bond donors (Lipinski definition) is 2. The predicted molar refractivity (Wildman–Crippen MR) is 59.7 cm³/mol. The predicted octanol–water partition coefficient (Wildman–Crippen LogP) is 1.08. The highest BCUT2D eigenvalue weighted by Crippen LogP contribution is 2.10. The summed E-state index contributed by atoms with van der Waals surface area (Å²) >= 11 is 0. The zero-order chi connectivity index (χ0) is 12.0. The Labute approximate surface area is 94.6 Å². The van der Waals surface area contributed by atoms with Gasteiger partial charge in [0.25, 0.3) is 0 Å². The van der Waals surface area contributed by atoms with Gasteiger partial charge in [-0.15, -0.1) is 5.10 Å². The largest absolute Gasteiger partial charge is 0.408 e. The molecule has 6 nitrogen and oxygen atoms in total. The van der Waals surface area contributed by atoms with Gasteiger partial charge in [0.1, 0.15) is 0 Å². The molecular formula is C10H18N4O2. The van der Waals surface area contributed by atoms with Gasteiger partial charge in [-0.25, -0.2) is 0 Å². The van der Waals surface area contributed by atoms with Gasteiger partial charge >= 0.3 is 6.01 Å². The number of carbonyl (C=O) groups excluding carboxylic acids is 1. The van der Waals surface area contributed by atoms with Crippen LogP contribution in [0.3, 0.4) is 0 Å². The van der Waals surface area contributed by atoms with E-state index in [4.69, 9.17) is 10.2 Å². The molecule has 0 bridgehead atoms. The highest BCUT2D eigenvalue weighted by atomic mass is 16.4. The summed E-state index contributed by atoms with van der Waals surface area (Å²) in [5.41, 5.74) is 5.43. The van der Waals surface area contributed by atoms with Crippen LogP contribution in [0.1, 0.15) is 32.1 Å². The first kappa shape index (κ1) is 12.6. The van der Waals surface area contributed by atoms with Crippen LogP contribution < -0.4 is 11.1 Å². The molecule has 1 rings (SSSR count). The summed E-state index contributed by atoms with van der Waals surface area (Å²) in [5, 5.41) is 9.85. The molecule has 0 radical (unpaired) electrons. The summed E-state index contributed by atoms with van der Waals surface area (Å²) in [6.45, 7) is 4.41. The maximum atomic E-state index is 11.5. The van der Waals surface area contributed by atoms with E-state index in [-0.39, 0.29) is 11.9 Å². The summed E-state index contributed by atoms with van der Waals surface area (Å²) in [7, 11) is 0. The molecule has 3 N–H and O–H groups in total. The SMILES string of the molecule is Cc1nnc(NC(=O)CCC(C)CCN)o1. The minimum absolute atomic E-state index is 0.104. The minimum Gasteiger partial charge on any atom is -0.408 e. The Morgan fingerprint density at radius 2 is 2.25 bits per heavy atom. The van der Waals surface area contributed by atoms with Gasteiger partial charge in [0, 0.05) is 13.3 Å². The van der Waals surface area contributed by atoms with Crippen LogP contribution in [-0.4, -0.2) is 22.6 Å². The molecule has 1 heterocycles. The third kappa shape index (κ3) is 4.39. The topological polar surface area (TPSA) is 94.0 Å². The molecule has 0 fully saturated rings. The zero-order valence-corrected chi connectivity index (χ0v) is 9.69. The lowest BCUT2D eigenvalue weighted by Gasteiger charge is -2.08. The molecule has 6 heteroatoms. The Balaban J connectivity index is 2.26. The van der Waals surface area contributed by atoms with Crippen LogP contribution in [0.15, 0.2) is 4.42 Å². The van der Waals surface area contributed by atoms with E-state index in [0.717, 1.165) is 12.8 Å². The second kappa shape index (κ2) is 6.22. The van der Waals surface area contributed by atoms with E-state index < -0.39 is 0 Å². The molecule has 0 aliphatic rings. The van der Waals surface area contributed by atoms with Crippen LogP contribution in [0.4, 0.5) is 6.01 Å². The highest BCUT2D eigenvalue weighted by Gasteiger charge is 2.09. The highest BCUT2D eigenvalue weighted by molar-refractivity contribution is 5.88. The van der Waals surface area contributed by atoms with Crippen molar-refractivity contribution in [1.29, 1.82) is 0 Å². The molecule has 0 aromatic carbocycles. The quantitative estimate of drug-likeness (QED) is 0.757. The summed E-state index contributed by atoms with van der Waals surface area (Å²) in [6.07, 6.45) is 2.20. The van der Waals surface area contributed by atoms with Gasteiger partial charge in [-0.1, -0.05) is 12.0 Å². The number of hydrogen-bond acceptors (Lipinski definition) is 5. The molecule has 0 aliphatic heterocycles. The number of nitrogens with one attached hydrogen (secondary N) is 1. The first-order valence-corrected chi connectivity index (χ1v) is 5.42. The summed E-state index contributed by atoms with van der Waals surface area (Å²) in [5.74, 6) is 0.791. The van der Waals surface area contributed by atoms with Crippen molar-refractivity contribution in [2.75, 3.05) is 11.9 Å². The summed E-state index contributed by atoms with van der Waals surface area (Å²) in [4.78, 5) is 11.5.